The third kappa shape index (κ3) is 2.14. The molecule has 1 aromatic heterocycles. The predicted molar refractivity (Wildman–Crippen MR) is 80.6 cm³/mol. The Balaban J connectivity index is 2.35. The van der Waals surface area contributed by atoms with Crippen LogP contribution in [0.3, 0.4) is 0 Å². The lowest BCUT2D eigenvalue weighted by molar-refractivity contribution is 0.658. The molecular weight excluding hydrogens is 232 g/mol. The molecule has 0 saturated carbocycles. The van der Waals surface area contributed by atoms with Gasteiger partial charge in [-0.15, -0.1) is 0 Å². The van der Waals surface area contributed by atoms with Crippen molar-refractivity contribution in [2.24, 2.45) is 0 Å². The number of aromatic nitrogens is 1. The van der Waals surface area contributed by atoms with E-state index in [2.05, 4.69) is 31.3 Å². The van der Waals surface area contributed by atoms with Crippen molar-refractivity contribution in [1.29, 1.82) is 0 Å². The van der Waals surface area contributed by atoms with Crippen LogP contribution in [0.25, 0.3) is 10.9 Å². The molecule has 1 aromatic carbocycles. The lowest BCUT2D eigenvalue weighted by Gasteiger charge is -2.22. The van der Waals surface area contributed by atoms with E-state index in [4.69, 9.17) is 4.98 Å². The van der Waals surface area contributed by atoms with Gasteiger partial charge in [-0.1, -0.05) is 6.07 Å². The second-order valence-corrected chi connectivity index (χ2v) is 5.73. The van der Waals surface area contributed by atoms with Crippen molar-refractivity contribution in [3.8, 4) is 0 Å². The predicted octanol–water partition coefficient (Wildman–Crippen LogP) is 3.45. The highest BCUT2D eigenvalue weighted by molar-refractivity contribution is 5.87. The number of pyridine rings is 1. The van der Waals surface area contributed by atoms with Gasteiger partial charge in [-0.2, -0.15) is 0 Å². The molecule has 0 fully saturated rings. The Hall–Kier alpha value is -1.41. The van der Waals surface area contributed by atoms with Crippen LogP contribution in [-0.4, -0.2) is 12.0 Å². The lowest BCUT2D eigenvalue weighted by atomic mass is 9.88. The van der Waals surface area contributed by atoms with Crippen molar-refractivity contribution in [1.82, 2.24) is 10.3 Å². The van der Waals surface area contributed by atoms with E-state index in [1.54, 1.807) is 0 Å². The quantitative estimate of drug-likeness (QED) is 0.888. The summed E-state index contributed by atoms with van der Waals surface area (Å²) in [6.45, 7) is 5.32. The van der Waals surface area contributed by atoms with Crippen LogP contribution in [-0.2, 0) is 19.4 Å². The topological polar surface area (TPSA) is 24.9 Å². The van der Waals surface area contributed by atoms with E-state index in [9.17, 15) is 0 Å². The Kier molecular flexibility index (Phi) is 3.28. The number of benzene rings is 1. The second kappa shape index (κ2) is 4.93. The molecule has 1 aliphatic rings. The highest BCUT2D eigenvalue weighted by Crippen LogP contribution is 2.31. The van der Waals surface area contributed by atoms with Gasteiger partial charge in [-0.3, -0.25) is 4.98 Å². The summed E-state index contributed by atoms with van der Waals surface area (Å²) in [6, 6.07) is 4.51. The van der Waals surface area contributed by atoms with Crippen LogP contribution in [0.15, 0.2) is 12.1 Å². The van der Waals surface area contributed by atoms with Gasteiger partial charge in [0.2, 0.25) is 0 Å². The molecule has 1 N–H and O–H groups in total. The number of nitrogens with zero attached hydrogens (tertiary/aromatic N) is 1. The Morgan fingerprint density at radius 2 is 1.95 bits per heavy atom. The Morgan fingerprint density at radius 3 is 2.74 bits per heavy atom. The van der Waals surface area contributed by atoms with Gasteiger partial charge in [-0.05, 0) is 74.9 Å². The number of rotatable bonds is 2. The van der Waals surface area contributed by atoms with Gasteiger partial charge in [0.05, 0.1) is 5.52 Å². The fourth-order valence-electron chi connectivity index (χ4n) is 3.43. The smallest absolute Gasteiger partial charge is 0.0714 e. The summed E-state index contributed by atoms with van der Waals surface area (Å²) in [5, 5.41) is 4.72. The van der Waals surface area contributed by atoms with Gasteiger partial charge in [0.1, 0.15) is 0 Å². The molecular formula is C17H22N2. The van der Waals surface area contributed by atoms with Gasteiger partial charge in [0, 0.05) is 17.6 Å². The van der Waals surface area contributed by atoms with E-state index in [-0.39, 0.29) is 0 Å². The molecule has 0 unspecified atom stereocenters. The minimum atomic E-state index is 0.950. The van der Waals surface area contributed by atoms with Crippen LogP contribution < -0.4 is 5.32 Å². The van der Waals surface area contributed by atoms with Crippen LogP contribution in [0.1, 0.15) is 40.8 Å². The van der Waals surface area contributed by atoms with E-state index in [0.29, 0.717) is 0 Å². The average molecular weight is 254 g/mol. The van der Waals surface area contributed by atoms with Crippen LogP contribution in [0.4, 0.5) is 0 Å². The van der Waals surface area contributed by atoms with Gasteiger partial charge in [0.15, 0.2) is 0 Å². The lowest BCUT2D eigenvalue weighted by Crippen LogP contribution is -2.15. The fraction of sp³-hybridized carbons (Fsp3) is 0.471. The van der Waals surface area contributed by atoms with Crippen molar-refractivity contribution >= 4 is 10.9 Å². The number of hydrogen-bond donors (Lipinski definition) is 1. The molecule has 0 bridgehead atoms. The third-order valence-electron chi connectivity index (χ3n) is 4.17. The zero-order valence-electron chi connectivity index (χ0n) is 12.1. The average Bonchev–Trinajstić information content (AvgIpc) is 2.38. The molecule has 100 valence electrons. The van der Waals surface area contributed by atoms with Gasteiger partial charge in [0.25, 0.3) is 0 Å². The Labute approximate surface area is 115 Å². The van der Waals surface area contributed by atoms with Crippen LogP contribution in [0, 0.1) is 13.8 Å². The molecule has 2 nitrogen and oxygen atoms in total. The molecule has 1 aliphatic carbocycles. The second-order valence-electron chi connectivity index (χ2n) is 5.73. The van der Waals surface area contributed by atoms with Gasteiger partial charge < -0.3 is 5.32 Å². The van der Waals surface area contributed by atoms with Crippen LogP contribution >= 0.6 is 0 Å². The molecule has 2 heteroatoms. The van der Waals surface area contributed by atoms with Crippen molar-refractivity contribution < 1.29 is 0 Å². The summed E-state index contributed by atoms with van der Waals surface area (Å²) in [5.41, 5.74) is 8.20. The summed E-state index contributed by atoms with van der Waals surface area (Å²) in [4.78, 5) is 4.95. The maximum Gasteiger partial charge on any atom is 0.0714 e. The molecule has 0 spiro atoms. The maximum atomic E-state index is 4.95. The first-order valence-corrected chi connectivity index (χ1v) is 7.27. The van der Waals surface area contributed by atoms with Crippen molar-refractivity contribution in [3.05, 3.63) is 40.1 Å². The van der Waals surface area contributed by atoms with Crippen LogP contribution in [0.2, 0.25) is 0 Å². The zero-order chi connectivity index (χ0) is 13.4. The summed E-state index contributed by atoms with van der Waals surface area (Å²) < 4.78 is 0. The molecule has 0 atom stereocenters. The van der Waals surface area contributed by atoms with Crippen LogP contribution in [0.5, 0.6) is 0 Å². The van der Waals surface area contributed by atoms with E-state index >= 15 is 0 Å². The SMILES string of the molecule is CNCc1c2c(nc3cc(C)cc(C)c13)CCCC2. The first-order chi connectivity index (χ1) is 9.20. The largest absolute Gasteiger partial charge is 0.316 e. The Morgan fingerprint density at radius 1 is 1.16 bits per heavy atom. The number of nitrogens with one attached hydrogen (secondary N) is 1. The van der Waals surface area contributed by atoms with E-state index in [0.717, 1.165) is 13.0 Å². The van der Waals surface area contributed by atoms with Gasteiger partial charge in [-0.25, -0.2) is 0 Å². The first kappa shape index (κ1) is 12.6. The molecule has 2 aromatic rings. The summed E-state index contributed by atoms with van der Waals surface area (Å²) in [7, 11) is 2.03. The molecule has 0 amide bonds. The number of hydrogen-bond acceptors (Lipinski definition) is 2. The minimum absolute atomic E-state index is 0.950. The summed E-state index contributed by atoms with van der Waals surface area (Å²) in [6.07, 6.45) is 4.94. The van der Waals surface area contributed by atoms with Crippen molar-refractivity contribution in [3.63, 3.8) is 0 Å². The molecule has 1 heterocycles. The van der Waals surface area contributed by atoms with E-state index in [1.807, 2.05) is 7.05 Å². The summed E-state index contributed by atoms with van der Waals surface area (Å²) >= 11 is 0. The first-order valence-electron chi connectivity index (χ1n) is 7.27. The number of fused-ring (bicyclic) bond motifs is 2. The molecule has 3 rings (SSSR count). The monoisotopic (exact) mass is 254 g/mol. The number of aryl methyl sites for hydroxylation is 3. The maximum absolute atomic E-state index is 4.95. The molecule has 0 aliphatic heterocycles. The molecule has 0 radical (unpaired) electrons. The highest BCUT2D eigenvalue weighted by atomic mass is 14.8. The normalized spacial score (nSPS) is 14.7. The standard InChI is InChI=1S/C17H22N2/c1-11-8-12(2)17-14(10-18-3)13-6-4-5-7-15(13)19-16(17)9-11/h8-9,18H,4-7,10H2,1-3H3. The van der Waals surface area contributed by atoms with E-state index < -0.39 is 0 Å². The summed E-state index contributed by atoms with van der Waals surface area (Å²) in [5.74, 6) is 0. The third-order valence-corrected chi connectivity index (χ3v) is 4.17. The zero-order valence-corrected chi connectivity index (χ0v) is 12.1. The van der Waals surface area contributed by atoms with Crippen molar-refractivity contribution in [2.75, 3.05) is 7.05 Å². The Bertz CT molecular complexity index is 629. The van der Waals surface area contributed by atoms with E-state index in [1.165, 1.54) is 58.1 Å². The highest BCUT2D eigenvalue weighted by Gasteiger charge is 2.18. The van der Waals surface area contributed by atoms with Crippen molar-refractivity contribution in [2.45, 2.75) is 46.1 Å². The fourth-order valence-corrected chi connectivity index (χ4v) is 3.43. The van der Waals surface area contributed by atoms with Gasteiger partial charge >= 0.3 is 0 Å². The minimum Gasteiger partial charge on any atom is -0.316 e. The molecule has 19 heavy (non-hydrogen) atoms. The molecule has 0 saturated heterocycles.